The number of hydrogen-bond donors (Lipinski definition) is 2. The third kappa shape index (κ3) is 1.44. The molecule has 0 aromatic carbocycles. The fraction of sp³-hybridized carbons (Fsp3) is 0.850. The van der Waals surface area contributed by atoms with E-state index in [4.69, 9.17) is 4.74 Å². The van der Waals surface area contributed by atoms with Crippen molar-refractivity contribution < 1.29 is 19.7 Å². The van der Waals surface area contributed by atoms with Gasteiger partial charge in [-0.2, -0.15) is 0 Å². The van der Waals surface area contributed by atoms with Crippen molar-refractivity contribution in [3.63, 3.8) is 0 Å². The first kappa shape index (κ1) is 15.4. The number of carbonyl (C=O) groups excluding carboxylic acids is 1. The van der Waals surface area contributed by atoms with Crippen LogP contribution in [0.25, 0.3) is 0 Å². The van der Waals surface area contributed by atoms with Gasteiger partial charge < -0.3 is 14.9 Å². The Bertz CT molecular complexity index is 627. The molecule has 4 heteroatoms. The highest BCUT2D eigenvalue weighted by Gasteiger charge is 2.73. The topological polar surface area (TPSA) is 66.8 Å². The van der Waals surface area contributed by atoms with Crippen molar-refractivity contribution in [2.75, 3.05) is 6.61 Å². The summed E-state index contributed by atoms with van der Waals surface area (Å²) in [5.74, 6) is 0.714. The molecule has 24 heavy (non-hydrogen) atoms. The Morgan fingerprint density at radius 1 is 1.17 bits per heavy atom. The van der Waals surface area contributed by atoms with E-state index in [2.05, 4.69) is 6.58 Å². The average molecular weight is 332 g/mol. The molecule has 4 nitrogen and oxygen atoms in total. The van der Waals surface area contributed by atoms with E-state index in [9.17, 15) is 15.0 Å². The summed E-state index contributed by atoms with van der Waals surface area (Å²) in [7, 11) is 0. The number of rotatable bonds is 0. The minimum absolute atomic E-state index is 0.0551. The van der Waals surface area contributed by atoms with Gasteiger partial charge in [0.15, 0.2) is 0 Å². The molecule has 6 rings (SSSR count). The smallest absolute Gasteiger partial charge is 0.312 e. The van der Waals surface area contributed by atoms with E-state index in [0.29, 0.717) is 18.9 Å². The Morgan fingerprint density at radius 3 is 2.75 bits per heavy atom. The third-order valence-electron chi connectivity index (χ3n) is 8.99. The Morgan fingerprint density at radius 2 is 1.96 bits per heavy atom. The van der Waals surface area contributed by atoms with E-state index in [1.54, 1.807) is 0 Å². The van der Waals surface area contributed by atoms with E-state index >= 15 is 0 Å². The molecule has 1 aliphatic heterocycles. The van der Waals surface area contributed by atoms with Gasteiger partial charge in [0, 0.05) is 10.8 Å². The maximum Gasteiger partial charge on any atom is 0.312 e. The number of esters is 1. The maximum absolute atomic E-state index is 12.6. The van der Waals surface area contributed by atoms with Gasteiger partial charge in [-0.25, -0.2) is 0 Å². The van der Waals surface area contributed by atoms with Crippen molar-refractivity contribution >= 4 is 5.97 Å². The molecule has 1 spiro atoms. The normalized spacial score (nSPS) is 58.7. The lowest BCUT2D eigenvalue weighted by Crippen LogP contribution is -2.73. The monoisotopic (exact) mass is 332 g/mol. The molecule has 0 radical (unpaired) electrons. The zero-order valence-corrected chi connectivity index (χ0v) is 14.5. The van der Waals surface area contributed by atoms with Gasteiger partial charge in [0.1, 0.15) is 0 Å². The number of cyclic esters (lactones) is 1. The minimum Gasteiger partial charge on any atom is -0.465 e. The highest BCUT2D eigenvalue weighted by atomic mass is 16.5. The van der Waals surface area contributed by atoms with Crippen LogP contribution in [-0.4, -0.2) is 35.0 Å². The summed E-state index contributed by atoms with van der Waals surface area (Å²) in [4.78, 5) is 12.6. The average Bonchev–Trinajstić information content (AvgIpc) is 2.57. The van der Waals surface area contributed by atoms with E-state index in [1.165, 1.54) is 0 Å². The zero-order valence-electron chi connectivity index (χ0n) is 14.5. The fourth-order valence-electron chi connectivity index (χ4n) is 7.81. The van der Waals surface area contributed by atoms with Gasteiger partial charge in [0.2, 0.25) is 0 Å². The highest BCUT2D eigenvalue weighted by molar-refractivity contribution is 5.78. The largest absolute Gasteiger partial charge is 0.465 e. The van der Waals surface area contributed by atoms with Crippen molar-refractivity contribution in [3.05, 3.63) is 12.2 Å². The van der Waals surface area contributed by atoms with E-state index in [-0.39, 0.29) is 23.2 Å². The highest BCUT2D eigenvalue weighted by Crippen LogP contribution is 2.73. The number of aliphatic hydroxyl groups is 2. The Kier molecular flexibility index (Phi) is 2.85. The summed E-state index contributed by atoms with van der Waals surface area (Å²) in [6.07, 6.45) is 5.35. The summed E-state index contributed by atoms with van der Waals surface area (Å²) in [6.45, 7) is 6.69. The Balaban J connectivity index is 1.67. The van der Waals surface area contributed by atoms with Crippen LogP contribution in [0.4, 0.5) is 0 Å². The lowest BCUT2D eigenvalue weighted by molar-refractivity contribution is -0.283. The van der Waals surface area contributed by atoms with Crippen LogP contribution in [0.3, 0.4) is 0 Å². The molecular weight excluding hydrogens is 304 g/mol. The van der Waals surface area contributed by atoms with Crippen LogP contribution in [-0.2, 0) is 9.53 Å². The van der Waals surface area contributed by atoms with Crippen molar-refractivity contribution in [3.8, 4) is 0 Å². The first-order valence-electron chi connectivity index (χ1n) is 9.58. The summed E-state index contributed by atoms with van der Waals surface area (Å²) in [5.41, 5.74) is -0.0551. The van der Waals surface area contributed by atoms with Crippen LogP contribution >= 0.6 is 0 Å². The quantitative estimate of drug-likeness (QED) is 0.528. The molecule has 0 aromatic rings. The van der Waals surface area contributed by atoms with Gasteiger partial charge in [-0.05, 0) is 68.8 Å². The first-order chi connectivity index (χ1) is 11.4. The molecule has 0 amide bonds. The molecule has 4 bridgehead atoms. The zero-order chi connectivity index (χ0) is 16.9. The van der Waals surface area contributed by atoms with Gasteiger partial charge in [0.05, 0.1) is 24.2 Å². The first-order valence-corrected chi connectivity index (χ1v) is 9.58. The number of ether oxygens (including phenoxy) is 1. The van der Waals surface area contributed by atoms with E-state index in [0.717, 1.165) is 44.1 Å². The second-order valence-corrected chi connectivity index (χ2v) is 9.50. The van der Waals surface area contributed by atoms with Crippen molar-refractivity contribution in [2.45, 2.75) is 64.1 Å². The Labute approximate surface area is 143 Å². The van der Waals surface area contributed by atoms with Gasteiger partial charge in [-0.3, -0.25) is 4.79 Å². The SMILES string of the molecule is C=C1[C@H]2CC[C@@]3([C@H](O)C[C@H]4[C@@]5(CCC[C@@]4(C)C(=O)OC5)[C@@H]3C2)[C@H]1O. The van der Waals surface area contributed by atoms with Crippen LogP contribution < -0.4 is 0 Å². The lowest BCUT2D eigenvalue weighted by Gasteiger charge is -2.71. The standard InChI is InChI=1S/C20H28O4/c1-11-12-4-7-20(16(11)22)14(8-12)19-6-3-5-18(2,17(23)24-10-19)13(19)9-15(20)21/h12-16,21-22H,1,3-10H2,2H3/t12-,13+,14-,15+,16-,18+,19-,20+/m0/s1. The maximum atomic E-state index is 12.6. The van der Waals surface area contributed by atoms with Crippen molar-refractivity contribution in [1.29, 1.82) is 0 Å². The van der Waals surface area contributed by atoms with Crippen LogP contribution in [0.1, 0.15) is 51.9 Å². The van der Waals surface area contributed by atoms with E-state index < -0.39 is 23.0 Å². The molecule has 1 saturated heterocycles. The van der Waals surface area contributed by atoms with Gasteiger partial charge in [-0.1, -0.05) is 13.0 Å². The molecule has 6 aliphatic rings. The predicted octanol–water partition coefficient (Wildman–Crippen LogP) is 2.43. The number of aliphatic hydroxyl groups excluding tert-OH is 2. The molecule has 132 valence electrons. The molecule has 1 heterocycles. The number of hydrogen-bond acceptors (Lipinski definition) is 4. The number of carbonyl (C=O) groups is 1. The molecular formula is C20H28O4. The fourth-order valence-corrected chi connectivity index (χ4v) is 7.81. The van der Waals surface area contributed by atoms with Crippen molar-refractivity contribution in [2.24, 2.45) is 34.0 Å². The lowest BCUT2D eigenvalue weighted by atomic mass is 9.34. The van der Waals surface area contributed by atoms with Gasteiger partial charge in [0.25, 0.3) is 0 Å². The van der Waals surface area contributed by atoms with Gasteiger partial charge in [-0.15, -0.1) is 0 Å². The van der Waals surface area contributed by atoms with E-state index in [1.807, 2.05) is 6.92 Å². The summed E-state index contributed by atoms with van der Waals surface area (Å²) < 4.78 is 5.73. The third-order valence-corrected chi connectivity index (χ3v) is 8.99. The minimum atomic E-state index is -0.605. The second-order valence-electron chi connectivity index (χ2n) is 9.50. The molecule has 0 aromatic heterocycles. The summed E-state index contributed by atoms with van der Waals surface area (Å²) >= 11 is 0. The Hall–Kier alpha value is -0.870. The molecule has 0 unspecified atom stereocenters. The molecule has 2 N–H and O–H groups in total. The second kappa shape index (κ2) is 4.45. The summed E-state index contributed by atoms with van der Waals surface area (Å²) in [5, 5.41) is 22.3. The predicted molar refractivity (Wildman–Crippen MR) is 87.9 cm³/mol. The van der Waals surface area contributed by atoms with Crippen LogP contribution in [0.5, 0.6) is 0 Å². The van der Waals surface area contributed by atoms with Crippen LogP contribution in [0.2, 0.25) is 0 Å². The summed E-state index contributed by atoms with van der Waals surface area (Å²) in [6, 6.07) is 0. The molecule has 8 atom stereocenters. The van der Waals surface area contributed by atoms with Crippen molar-refractivity contribution in [1.82, 2.24) is 0 Å². The van der Waals surface area contributed by atoms with Crippen LogP contribution in [0.15, 0.2) is 12.2 Å². The van der Waals surface area contributed by atoms with Gasteiger partial charge >= 0.3 is 5.97 Å². The van der Waals surface area contributed by atoms with Crippen LogP contribution in [0, 0.1) is 34.0 Å². The molecule has 5 aliphatic carbocycles. The molecule has 6 fully saturated rings. The number of fused-ring (bicyclic) bond motifs is 2. The molecule has 5 saturated carbocycles.